The van der Waals surface area contributed by atoms with Crippen molar-refractivity contribution in [1.82, 2.24) is 9.97 Å². The minimum atomic E-state index is -0.510. The Bertz CT molecular complexity index is 1530. The van der Waals surface area contributed by atoms with Gasteiger partial charge >= 0.3 is 0 Å². The average molecular weight is 591 g/mol. The summed E-state index contributed by atoms with van der Waals surface area (Å²) in [5, 5.41) is 18.2. The zero-order chi connectivity index (χ0) is 30.1. The molecule has 0 aliphatic rings. The smallest absolute Gasteiger partial charge is 0.245 e. The Hall–Kier alpha value is -4.21. The summed E-state index contributed by atoms with van der Waals surface area (Å²) in [7, 11) is 1.60. The van der Waals surface area contributed by atoms with Crippen molar-refractivity contribution in [3.8, 4) is 16.9 Å². The maximum Gasteiger partial charge on any atom is 0.245 e. The number of phenols is 1. The second-order valence-corrected chi connectivity index (χ2v) is 10.6. The van der Waals surface area contributed by atoms with Crippen molar-refractivity contribution in [1.29, 1.82) is 0 Å². The van der Waals surface area contributed by atoms with Crippen LogP contribution >= 0.6 is 11.6 Å². The molecule has 0 saturated carbocycles. The molecule has 3 aromatic carbocycles. The van der Waals surface area contributed by atoms with Crippen molar-refractivity contribution < 1.29 is 14.2 Å². The van der Waals surface area contributed by atoms with Crippen molar-refractivity contribution in [3.05, 3.63) is 88.8 Å². The number of anilines is 4. The Balaban J connectivity index is 1.55. The fourth-order valence-corrected chi connectivity index (χ4v) is 4.71. The number of hydrogen-bond acceptors (Lipinski definition) is 8. The number of aromatic nitrogens is 2. The van der Waals surface area contributed by atoms with Crippen LogP contribution in [0.5, 0.6) is 5.75 Å². The van der Waals surface area contributed by atoms with Crippen molar-refractivity contribution in [3.63, 3.8) is 0 Å². The van der Waals surface area contributed by atoms with E-state index in [0.717, 1.165) is 46.2 Å². The van der Waals surface area contributed by atoms with E-state index in [1.54, 1.807) is 30.4 Å². The summed E-state index contributed by atoms with van der Waals surface area (Å²) in [5.41, 5.74) is 8.25. The topological polar surface area (TPSA) is 94.9 Å². The van der Waals surface area contributed by atoms with Crippen LogP contribution in [0, 0.1) is 11.7 Å². The zero-order valence-corrected chi connectivity index (χ0v) is 25.0. The van der Waals surface area contributed by atoms with E-state index in [1.807, 2.05) is 55.5 Å². The second-order valence-electron chi connectivity index (χ2n) is 10.2. The van der Waals surface area contributed by atoms with Crippen LogP contribution in [-0.4, -0.2) is 48.1 Å². The van der Waals surface area contributed by atoms with Gasteiger partial charge in [0.2, 0.25) is 5.95 Å². The number of phenolic OH excluding ortho intramolecular Hbond substituents is 1. The van der Waals surface area contributed by atoms with Gasteiger partial charge in [-0.2, -0.15) is 10.1 Å². The Labute approximate surface area is 251 Å². The van der Waals surface area contributed by atoms with E-state index in [9.17, 15) is 9.50 Å². The van der Waals surface area contributed by atoms with Gasteiger partial charge in [0, 0.05) is 25.9 Å². The van der Waals surface area contributed by atoms with Crippen LogP contribution < -0.4 is 15.6 Å². The van der Waals surface area contributed by atoms with Gasteiger partial charge in [-0.15, -0.1) is 0 Å². The van der Waals surface area contributed by atoms with Gasteiger partial charge < -0.3 is 20.1 Å². The van der Waals surface area contributed by atoms with Crippen LogP contribution in [0.4, 0.5) is 27.5 Å². The summed E-state index contributed by atoms with van der Waals surface area (Å²) < 4.78 is 19.6. The number of nitrogens with one attached hydrogen (secondary N) is 2. The molecular weight excluding hydrogens is 555 g/mol. The summed E-state index contributed by atoms with van der Waals surface area (Å²) in [6.45, 7) is 7.74. The summed E-state index contributed by atoms with van der Waals surface area (Å²) >= 11 is 6.73. The molecule has 4 aromatic rings. The highest BCUT2D eigenvalue weighted by Crippen LogP contribution is 2.32. The summed E-state index contributed by atoms with van der Waals surface area (Å²) in [4.78, 5) is 10.1. The minimum Gasteiger partial charge on any atom is -0.508 e. The Kier molecular flexibility index (Phi) is 10.7. The molecule has 0 atom stereocenters. The van der Waals surface area contributed by atoms with E-state index >= 15 is 0 Å². The predicted molar refractivity (Wildman–Crippen MR) is 170 cm³/mol. The SMILES string of the molecule is CCN(CCOC)c1nc(N/N=C/c2cc(Cl)c(Nc3cccc(-c4cccc(O)c4)c3)cc2CC(C)C)ncc1F. The first kappa shape index (κ1) is 30.7. The number of hydrazone groups is 1. The molecule has 0 aliphatic carbocycles. The van der Waals surface area contributed by atoms with E-state index in [4.69, 9.17) is 16.3 Å². The Morgan fingerprint density at radius 3 is 2.60 bits per heavy atom. The molecule has 1 aromatic heterocycles. The Morgan fingerprint density at radius 2 is 1.88 bits per heavy atom. The molecule has 0 unspecified atom stereocenters. The van der Waals surface area contributed by atoms with E-state index in [-0.39, 0.29) is 17.5 Å². The standard InChI is InChI=1S/C32H36ClFN6O2/c1-5-40(12-13-42-4)31-29(34)20-35-32(38-31)39-36-19-25-17-28(33)30(18-24(25)14-21(2)3)37-26-10-6-8-22(15-26)23-9-7-11-27(41)16-23/h6-11,15-21,37,41H,5,12-14H2,1-4H3,(H,35,38,39)/b36-19+. The maximum absolute atomic E-state index is 14.5. The number of ether oxygens (including phenoxy) is 1. The largest absolute Gasteiger partial charge is 0.508 e. The molecule has 0 fully saturated rings. The quantitative estimate of drug-likeness (QED) is 0.110. The number of nitrogens with zero attached hydrogens (tertiary/aromatic N) is 4. The van der Waals surface area contributed by atoms with Crippen LogP contribution in [0.15, 0.2) is 72.0 Å². The number of benzene rings is 3. The fourth-order valence-electron chi connectivity index (χ4n) is 4.49. The third-order valence-electron chi connectivity index (χ3n) is 6.52. The third-order valence-corrected chi connectivity index (χ3v) is 6.83. The van der Waals surface area contributed by atoms with Crippen LogP contribution in [0.25, 0.3) is 11.1 Å². The molecule has 0 amide bonds. The lowest BCUT2D eigenvalue weighted by Crippen LogP contribution is -2.29. The summed E-state index contributed by atoms with van der Waals surface area (Å²) in [6.07, 6.45) is 3.61. The van der Waals surface area contributed by atoms with E-state index in [1.165, 1.54) is 0 Å². The molecular formula is C32H36ClFN6O2. The number of halogens is 2. The molecule has 0 aliphatic heterocycles. The lowest BCUT2D eigenvalue weighted by molar-refractivity contribution is 0.205. The van der Waals surface area contributed by atoms with Crippen molar-refractivity contribution in [2.45, 2.75) is 27.2 Å². The van der Waals surface area contributed by atoms with Crippen LogP contribution in [0.2, 0.25) is 5.02 Å². The first-order valence-corrected chi connectivity index (χ1v) is 14.2. The van der Waals surface area contributed by atoms with Crippen LogP contribution in [0.3, 0.4) is 0 Å². The van der Waals surface area contributed by atoms with Crippen molar-refractivity contribution >= 4 is 41.0 Å². The van der Waals surface area contributed by atoms with E-state index in [2.05, 4.69) is 39.7 Å². The molecule has 1 heterocycles. The normalized spacial score (nSPS) is 11.3. The molecule has 0 saturated heterocycles. The maximum atomic E-state index is 14.5. The number of aromatic hydroxyl groups is 1. The van der Waals surface area contributed by atoms with Crippen molar-refractivity contribution in [2.75, 3.05) is 42.4 Å². The van der Waals surface area contributed by atoms with Crippen molar-refractivity contribution in [2.24, 2.45) is 11.0 Å². The molecule has 0 radical (unpaired) electrons. The third kappa shape index (κ3) is 8.18. The molecule has 42 heavy (non-hydrogen) atoms. The molecule has 0 bridgehead atoms. The van der Waals surface area contributed by atoms with Gasteiger partial charge in [-0.05, 0) is 77.9 Å². The molecule has 8 nitrogen and oxygen atoms in total. The van der Waals surface area contributed by atoms with E-state index < -0.39 is 5.82 Å². The molecule has 0 spiro atoms. The number of rotatable bonds is 13. The number of hydrogen-bond donors (Lipinski definition) is 3. The second kappa shape index (κ2) is 14.6. The lowest BCUT2D eigenvalue weighted by Gasteiger charge is -2.21. The van der Waals surface area contributed by atoms with Gasteiger partial charge in [-0.1, -0.05) is 49.7 Å². The van der Waals surface area contributed by atoms with Crippen LogP contribution in [0.1, 0.15) is 31.9 Å². The summed E-state index contributed by atoms with van der Waals surface area (Å²) in [6, 6.07) is 19.0. The van der Waals surface area contributed by atoms with Gasteiger partial charge in [0.15, 0.2) is 11.6 Å². The molecule has 3 N–H and O–H groups in total. The monoisotopic (exact) mass is 590 g/mol. The highest BCUT2D eigenvalue weighted by atomic mass is 35.5. The predicted octanol–water partition coefficient (Wildman–Crippen LogP) is 7.50. The summed E-state index contributed by atoms with van der Waals surface area (Å²) in [5.74, 6) is 0.469. The molecule has 10 heteroatoms. The molecule has 220 valence electrons. The van der Waals surface area contributed by atoms with E-state index in [0.29, 0.717) is 30.6 Å². The first-order valence-electron chi connectivity index (χ1n) is 13.8. The Morgan fingerprint density at radius 1 is 1.12 bits per heavy atom. The average Bonchev–Trinajstić information content (AvgIpc) is 2.97. The van der Waals surface area contributed by atoms with Crippen LogP contribution in [-0.2, 0) is 11.2 Å². The van der Waals surface area contributed by atoms with Gasteiger partial charge in [0.25, 0.3) is 0 Å². The number of likely N-dealkylation sites (N-methyl/N-ethyl adjacent to an activating group) is 1. The van der Waals surface area contributed by atoms with Gasteiger partial charge in [0.1, 0.15) is 5.75 Å². The number of methoxy groups -OCH3 is 1. The highest BCUT2D eigenvalue weighted by Gasteiger charge is 2.14. The highest BCUT2D eigenvalue weighted by molar-refractivity contribution is 6.33. The van der Waals surface area contributed by atoms with Gasteiger partial charge in [-0.3, -0.25) is 0 Å². The van der Waals surface area contributed by atoms with Gasteiger partial charge in [0.05, 0.1) is 29.7 Å². The minimum absolute atomic E-state index is 0.180. The first-order chi connectivity index (χ1) is 20.3. The molecule has 4 rings (SSSR count). The zero-order valence-electron chi connectivity index (χ0n) is 24.2. The van der Waals surface area contributed by atoms with Gasteiger partial charge in [-0.25, -0.2) is 14.8 Å². The fraction of sp³-hybridized carbons (Fsp3) is 0.281. The lowest BCUT2D eigenvalue weighted by atomic mass is 9.97.